The summed E-state index contributed by atoms with van der Waals surface area (Å²) in [4.78, 5) is 50.6. The van der Waals surface area contributed by atoms with Gasteiger partial charge in [-0.2, -0.15) is 0 Å². The molecule has 0 unspecified atom stereocenters. The van der Waals surface area contributed by atoms with Crippen LogP contribution in [0.25, 0.3) is 11.1 Å². The van der Waals surface area contributed by atoms with Crippen LogP contribution in [0, 0.1) is 5.82 Å². The third-order valence-electron chi connectivity index (χ3n) is 11.0. The Morgan fingerprint density at radius 3 is 2.62 bits per heavy atom. The Bertz CT molecular complexity index is 2090. The van der Waals surface area contributed by atoms with E-state index in [4.69, 9.17) is 9.47 Å². The monoisotopic (exact) mass is 709 g/mol. The van der Waals surface area contributed by atoms with E-state index in [0.29, 0.717) is 59.1 Å². The lowest BCUT2D eigenvalue weighted by molar-refractivity contribution is -0.142. The average molecular weight is 710 g/mol. The van der Waals surface area contributed by atoms with Crippen molar-refractivity contribution in [3.05, 3.63) is 87.5 Å². The fourth-order valence-electron chi connectivity index (χ4n) is 8.16. The molecule has 52 heavy (non-hydrogen) atoms. The number of nitrogens with one attached hydrogen (secondary N) is 1. The number of carbonyl (C=O) groups is 2. The summed E-state index contributed by atoms with van der Waals surface area (Å²) in [5.41, 5.74) is 5.70. The number of nitrogens with zero attached hydrogens (tertiary/aromatic N) is 6. The van der Waals surface area contributed by atoms with Gasteiger partial charge in [0.25, 0.3) is 11.5 Å². The van der Waals surface area contributed by atoms with Gasteiger partial charge in [0.15, 0.2) is 0 Å². The van der Waals surface area contributed by atoms with Crippen molar-refractivity contribution in [2.45, 2.75) is 64.8 Å². The van der Waals surface area contributed by atoms with Crippen LogP contribution in [-0.4, -0.2) is 82.4 Å². The van der Waals surface area contributed by atoms with E-state index in [1.54, 1.807) is 24.2 Å². The lowest BCUT2D eigenvalue weighted by Crippen LogP contribution is -2.59. The largest absolute Gasteiger partial charge is 0.461 e. The second kappa shape index (κ2) is 13.8. The molecule has 4 aromatic rings. The van der Waals surface area contributed by atoms with Gasteiger partial charge in [0.1, 0.15) is 29.6 Å². The first kappa shape index (κ1) is 34.1. The second-order valence-electron chi connectivity index (χ2n) is 14.4. The van der Waals surface area contributed by atoms with Crippen molar-refractivity contribution in [3.8, 4) is 11.1 Å². The average Bonchev–Trinajstić information content (AvgIpc) is 3.49. The Hall–Kier alpha value is -5.01. The Morgan fingerprint density at radius 2 is 1.88 bits per heavy atom. The van der Waals surface area contributed by atoms with Crippen LogP contribution >= 0.6 is 0 Å². The van der Waals surface area contributed by atoms with Gasteiger partial charge in [-0.15, -0.1) is 0 Å². The molecule has 12 nitrogen and oxygen atoms in total. The SMILES string of the molecule is CC(=O)OCc1c(-c2cc(Nc3ccc(N4CCN(C5COC5)C[C@@H]4C)cn3)c(=O)n(C)c2)cc(F)cc1N1CCn2c(cc3c2CCCC3)C1=O. The Morgan fingerprint density at radius 1 is 1.06 bits per heavy atom. The molecule has 1 amide bonds. The highest BCUT2D eigenvalue weighted by Gasteiger charge is 2.34. The Balaban J connectivity index is 1.09. The molecule has 4 aliphatic rings. The molecule has 2 fully saturated rings. The summed E-state index contributed by atoms with van der Waals surface area (Å²) in [7, 11) is 1.63. The maximum atomic E-state index is 15.6. The van der Waals surface area contributed by atoms with Crippen molar-refractivity contribution in [1.29, 1.82) is 0 Å². The van der Waals surface area contributed by atoms with Gasteiger partial charge in [0, 0.05) is 75.8 Å². The lowest BCUT2D eigenvalue weighted by atomic mass is 9.97. The number of halogens is 1. The molecule has 1 N–H and O–H groups in total. The van der Waals surface area contributed by atoms with Crippen molar-refractivity contribution in [3.63, 3.8) is 0 Å². The lowest BCUT2D eigenvalue weighted by Gasteiger charge is -2.46. The van der Waals surface area contributed by atoms with Gasteiger partial charge in [0.2, 0.25) is 0 Å². The molecule has 0 saturated carbocycles. The predicted octanol–water partition coefficient (Wildman–Crippen LogP) is 4.64. The number of hydrogen-bond acceptors (Lipinski definition) is 9. The molecule has 1 atom stereocenters. The molecule has 0 spiro atoms. The van der Waals surface area contributed by atoms with E-state index in [0.717, 1.165) is 64.2 Å². The van der Waals surface area contributed by atoms with E-state index in [1.165, 1.54) is 34.9 Å². The van der Waals surface area contributed by atoms with Crippen LogP contribution in [0.3, 0.4) is 0 Å². The molecule has 6 heterocycles. The number of piperazine rings is 1. The first-order valence-electron chi connectivity index (χ1n) is 18.2. The Kier molecular flexibility index (Phi) is 9.08. The molecular weight excluding hydrogens is 665 g/mol. The number of aryl methyl sites for hydroxylation is 2. The van der Waals surface area contributed by atoms with E-state index in [1.807, 2.05) is 24.4 Å². The fraction of sp³-hybridized carbons (Fsp3) is 0.436. The molecule has 8 rings (SSSR count). The van der Waals surface area contributed by atoms with Crippen LogP contribution in [0.2, 0.25) is 0 Å². The molecule has 3 aromatic heterocycles. The predicted molar refractivity (Wildman–Crippen MR) is 196 cm³/mol. The number of amides is 1. The number of carbonyl (C=O) groups excluding carboxylic acids is 2. The highest BCUT2D eigenvalue weighted by molar-refractivity contribution is 6.07. The van der Waals surface area contributed by atoms with Gasteiger partial charge in [-0.3, -0.25) is 19.3 Å². The van der Waals surface area contributed by atoms with E-state index < -0.39 is 11.8 Å². The molecule has 272 valence electrons. The summed E-state index contributed by atoms with van der Waals surface area (Å²) in [5.74, 6) is -0.793. The minimum Gasteiger partial charge on any atom is -0.461 e. The van der Waals surface area contributed by atoms with Crippen LogP contribution < -0.4 is 20.7 Å². The summed E-state index contributed by atoms with van der Waals surface area (Å²) >= 11 is 0. The standard InChI is InChI=1S/C39H44FN7O5/c1-24-19-44(30-21-51-22-30)10-11-45(24)29-8-9-37(41-18-29)42-33-14-27(20-43(3)38(33)49)31-16-28(40)17-35(32(31)23-52-25(2)48)47-13-12-46-34-7-5-4-6-26(34)15-36(46)39(47)50/h8-9,14-18,20,24,30H,4-7,10-13,19,21-23H2,1-3H3,(H,41,42)/t24-/m0/s1. The van der Waals surface area contributed by atoms with Gasteiger partial charge < -0.3 is 33.7 Å². The third kappa shape index (κ3) is 6.36. The number of benzene rings is 1. The first-order valence-corrected chi connectivity index (χ1v) is 18.2. The number of fused-ring (bicyclic) bond motifs is 3. The zero-order chi connectivity index (χ0) is 36.1. The van der Waals surface area contributed by atoms with Crippen LogP contribution in [-0.2, 0) is 47.3 Å². The van der Waals surface area contributed by atoms with Crippen molar-refractivity contribution >= 4 is 34.8 Å². The first-order chi connectivity index (χ1) is 25.1. The Labute approximate surface area is 301 Å². The molecule has 13 heteroatoms. The molecule has 3 aliphatic heterocycles. The topological polar surface area (TPSA) is 114 Å². The second-order valence-corrected chi connectivity index (χ2v) is 14.4. The summed E-state index contributed by atoms with van der Waals surface area (Å²) < 4.78 is 30.0. The van der Waals surface area contributed by atoms with Crippen molar-refractivity contribution < 1.29 is 23.5 Å². The highest BCUT2D eigenvalue weighted by atomic mass is 19.1. The summed E-state index contributed by atoms with van der Waals surface area (Å²) in [5, 5.41) is 3.17. The molecule has 0 bridgehead atoms. The van der Waals surface area contributed by atoms with Gasteiger partial charge in [-0.25, -0.2) is 9.37 Å². The molecule has 0 radical (unpaired) electrons. The van der Waals surface area contributed by atoms with E-state index in [9.17, 15) is 14.4 Å². The number of esters is 1. The van der Waals surface area contributed by atoms with Crippen LogP contribution in [0.5, 0.6) is 0 Å². The number of hydrogen-bond donors (Lipinski definition) is 1. The quantitative estimate of drug-likeness (QED) is 0.262. The smallest absolute Gasteiger partial charge is 0.302 e. The molecule has 1 aliphatic carbocycles. The number of ether oxygens (including phenoxy) is 2. The minimum atomic E-state index is -0.554. The maximum absolute atomic E-state index is 15.6. The van der Waals surface area contributed by atoms with E-state index >= 15 is 4.39 Å². The van der Waals surface area contributed by atoms with Gasteiger partial charge in [-0.05, 0) is 80.1 Å². The highest BCUT2D eigenvalue weighted by Crippen LogP contribution is 2.37. The van der Waals surface area contributed by atoms with Crippen LogP contribution in [0.15, 0.2) is 53.6 Å². The number of anilines is 4. The third-order valence-corrected chi connectivity index (χ3v) is 11.0. The summed E-state index contributed by atoms with van der Waals surface area (Å²) in [6.07, 6.45) is 7.52. The maximum Gasteiger partial charge on any atom is 0.302 e. The summed E-state index contributed by atoms with van der Waals surface area (Å²) in [6, 6.07) is 11.0. The summed E-state index contributed by atoms with van der Waals surface area (Å²) in [6.45, 7) is 8.68. The zero-order valence-corrected chi connectivity index (χ0v) is 29.9. The zero-order valence-electron chi connectivity index (χ0n) is 29.9. The number of rotatable bonds is 8. The van der Waals surface area contributed by atoms with Gasteiger partial charge >= 0.3 is 5.97 Å². The van der Waals surface area contributed by atoms with Gasteiger partial charge in [-0.1, -0.05) is 0 Å². The van der Waals surface area contributed by atoms with Crippen LogP contribution in [0.4, 0.5) is 27.3 Å². The van der Waals surface area contributed by atoms with E-state index in [-0.39, 0.29) is 23.8 Å². The van der Waals surface area contributed by atoms with E-state index in [2.05, 4.69) is 31.6 Å². The number of pyridine rings is 2. The number of aromatic nitrogens is 3. The molecular formula is C39H44FN7O5. The van der Waals surface area contributed by atoms with Crippen molar-refractivity contribution in [2.24, 2.45) is 7.05 Å². The van der Waals surface area contributed by atoms with Crippen molar-refractivity contribution in [1.82, 2.24) is 19.0 Å². The van der Waals surface area contributed by atoms with Crippen LogP contribution in [0.1, 0.15) is 54.0 Å². The fourth-order valence-corrected chi connectivity index (χ4v) is 8.16. The molecule has 2 saturated heterocycles. The van der Waals surface area contributed by atoms with Crippen molar-refractivity contribution in [2.75, 3.05) is 54.5 Å². The molecule has 1 aromatic carbocycles. The van der Waals surface area contributed by atoms with Gasteiger partial charge in [0.05, 0.1) is 36.8 Å². The normalized spacial score (nSPS) is 19.2. The minimum absolute atomic E-state index is 0.183.